The topological polar surface area (TPSA) is 101 Å². The van der Waals surface area contributed by atoms with Crippen LogP contribution >= 0.6 is 0 Å². The fraction of sp³-hybridized carbons (Fsp3) is 0.800. The van der Waals surface area contributed by atoms with Gasteiger partial charge < -0.3 is 10.4 Å². The molecular weight excluding hydrogens is 246 g/mol. The average Bonchev–Trinajstić information content (AvgIpc) is 2.59. The lowest BCUT2D eigenvalue weighted by molar-refractivity contribution is -0.140. The number of hydrogen-bond acceptors (Lipinski definition) is 4. The van der Waals surface area contributed by atoms with Crippen LogP contribution in [0.15, 0.2) is 0 Å². The van der Waals surface area contributed by atoms with Gasteiger partial charge in [0.05, 0.1) is 11.5 Å². The predicted octanol–water partition coefficient (Wildman–Crippen LogP) is -0.599. The zero-order valence-electron chi connectivity index (χ0n) is 9.26. The van der Waals surface area contributed by atoms with Gasteiger partial charge in [-0.15, -0.1) is 0 Å². The number of hydrogen-bond donors (Lipinski definition) is 2. The number of amides is 1. The molecule has 0 aromatic heterocycles. The van der Waals surface area contributed by atoms with Crippen molar-refractivity contribution in [2.75, 3.05) is 11.5 Å². The van der Waals surface area contributed by atoms with Gasteiger partial charge in [0.25, 0.3) is 0 Å². The van der Waals surface area contributed by atoms with E-state index in [2.05, 4.69) is 5.32 Å². The van der Waals surface area contributed by atoms with Crippen molar-refractivity contribution in [2.45, 2.75) is 25.3 Å². The quantitative estimate of drug-likeness (QED) is 0.691. The summed E-state index contributed by atoms with van der Waals surface area (Å²) in [5, 5.41) is 11.2. The molecule has 0 radical (unpaired) electrons. The Kier molecular flexibility index (Phi) is 3.11. The summed E-state index contributed by atoms with van der Waals surface area (Å²) in [6.45, 7) is 0. The minimum Gasteiger partial charge on any atom is -0.480 e. The molecular formula is C10H15NO5S. The van der Waals surface area contributed by atoms with E-state index in [0.29, 0.717) is 12.8 Å². The number of sulfone groups is 1. The highest BCUT2D eigenvalue weighted by Crippen LogP contribution is 2.31. The molecule has 0 bridgehead atoms. The Morgan fingerprint density at radius 2 is 2.12 bits per heavy atom. The van der Waals surface area contributed by atoms with E-state index < -0.39 is 27.8 Å². The van der Waals surface area contributed by atoms with Crippen molar-refractivity contribution in [3.05, 3.63) is 0 Å². The molecule has 1 amide bonds. The minimum atomic E-state index is -3.06. The summed E-state index contributed by atoms with van der Waals surface area (Å²) in [4.78, 5) is 22.4. The SMILES string of the molecule is O=C(O)C1CC(C2CCCS(=O)(=O)C2)C(=O)N1. The van der Waals surface area contributed by atoms with E-state index in [1.54, 1.807) is 0 Å². The Morgan fingerprint density at radius 1 is 1.41 bits per heavy atom. The molecule has 7 heteroatoms. The monoisotopic (exact) mass is 261 g/mol. The maximum atomic E-state index is 11.6. The van der Waals surface area contributed by atoms with Crippen molar-refractivity contribution in [3.8, 4) is 0 Å². The van der Waals surface area contributed by atoms with Crippen LogP contribution in [0, 0.1) is 11.8 Å². The molecule has 2 N–H and O–H groups in total. The summed E-state index contributed by atoms with van der Waals surface area (Å²) < 4.78 is 23.0. The van der Waals surface area contributed by atoms with E-state index in [-0.39, 0.29) is 29.8 Å². The van der Waals surface area contributed by atoms with Crippen LogP contribution in [0.5, 0.6) is 0 Å². The summed E-state index contributed by atoms with van der Waals surface area (Å²) in [5.74, 6) is -1.87. The first-order valence-electron chi connectivity index (χ1n) is 5.62. The maximum Gasteiger partial charge on any atom is 0.326 e. The van der Waals surface area contributed by atoms with Crippen molar-refractivity contribution < 1.29 is 23.1 Å². The molecule has 6 nitrogen and oxygen atoms in total. The second kappa shape index (κ2) is 4.29. The fourth-order valence-electron chi connectivity index (χ4n) is 2.64. The van der Waals surface area contributed by atoms with Crippen molar-refractivity contribution in [1.29, 1.82) is 0 Å². The van der Waals surface area contributed by atoms with E-state index in [1.807, 2.05) is 0 Å². The number of aliphatic carboxylic acids is 1. The smallest absolute Gasteiger partial charge is 0.326 e. The van der Waals surface area contributed by atoms with Gasteiger partial charge in [0.2, 0.25) is 5.91 Å². The fourth-order valence-corrected chi connectivity index (χ4v) is 4.47. The first-order chi connectivity index (χ1) is 7.89. The van der Waals surface area contributed by atoms with Gasteiger partial charge in [-0.1, -0.05) is 0 Å². The van der Waals surface area contributed by atoms with E-state index in [4.69, 9.17) is 5.11 Å². The van der Waals surface area contributed by atoms with Gasteiger partial charge in [-0.05, 0) is 25.2 Å². The van der Waals surface area contributed by atoms with Crippen molar-refractivity contribution in [1.82, 2.24) is 5.32 Å². The van der Waals surface area contributed by atoms with Crippen LogP contribution in [0.25, 0.3) is 0 Å². The zero-order chi connectivity index (χ0) is 12.6. The van der Waals surface area contributed by atoms with Crippen LogP contribution in [0.1, 0.15) is 19.3 Å². The van der Waals surface area contributed by atoms with E-state index in [0.717, 1.165) is 0 Å². The summed E-state index contributed by atoms with van der Waals surface area (Å²) in [6, 6.07) is -0.864. The van der Waals surface area contributed by atoms with Gasteiger partial charge in [-0.3, -0.25) is 4.79 Å². The van der Waals surface area contributed by atoms with E-state index in [9.17, 15) is 18.0 Å². The molecule has 3 unspecified atom stereocenters. The van der Waals surface area contributed by atoms with E-state index in [1.165, 1.54) is 0 Å². The zero-order valence-corrected chi connectivity index (χ0v) is 10.1. The number of carbonyl (C=O) groups is 2. The number of carboxylic acids is 1. The molecule has 2 fully saturated rings. The Balaban J connectivity index is 2.08. The third-order valence-corrected chi connectivity index (χ3v) is 5.35. The number of nitrogens with one attached hydrogen (secondary N) is 1. The maximum absolute atomic E-state index is 11.6. The molecule has 17 heavy (non-hydrogen) atoms. The highest BCUT2D eigenvalue weighted by molar-refractivity contribution is 7.91. The number of carboxylic acid groups (broad SMARTS) is 1. The Bertz CT molecular complexity index is 444. The molecule has 96 valence electrons. The van der Waals surface area contributed by atoms with E-state index >= 15 is 0 Å². The normalized spacial score (nSPS) is 36.5. The molecule has 0 saturated carbocycles. The van der Waals surface area contributed by atoms with Gasteiger partial charge in [0.1, 0.15) is 6.04 Å². The third-order valence-electron chi connectivity index (χ3n) is 3.51. The molecule has 2 rings (SSSR count). The molecule has 3 atom stereocenters. The van der Waals surface area contributed by atoms with Crippen molar-refractivity contribution >= 4 is 21.7 Å². The van der Waals surface area contributed by atoms with Crippen LogP contribution in [0.3, 0.4) is 0 Å². The largest absolute Gasteiger partial charge is 0.480 e. The van der Waals surface area contributed by atoms with Crippen LogP contribution < -0.4 is 5.32 Å². The summed E-state index contributed by atoms with van der Waals surface area (Å²) in [6.07, 6.45) is 1.45. The lowest BCUT2D eigenvalue weighted by atomic mass is 9.87. The summed E-state index contributed by atoms with van der Waals surface area (Å²) in [7, 11) is -3.06. The van der Waals surface area contributed by atoms with Gasteiger partial charge in [-0.25, -0.2) is 13.2 Å². The molecule has 2 aliphatic heterocycles. The van der Waals surface area contributed by atoms with Crippen LogP contribution in [0.2, 0.25) is 0 Å². The second-order valence-corrected chi connectivity index (χ2v) is 6.99. The Labute approximate surface area is 99.3 Å². The highest BCUT2D eigenvalue weighted by Gasteiger charge is 2.42. The molecule has 0 aliphatic carbocycles. The standard InChI is InChI=1S/C10H15NO5S/c12-9-7(4-8(11-9)10(13)14)6-2-1-3-17(15,16)5-6/h6-8H,1-5H2,(H,11,12)(H,13,14). The van der Waals surface area contributed by atoms with Crippen LogP contribution in [-0.2, 0) is 19.4 Å². The van der Waals surface area contributed by atoms with Gasteiger partial charge in [0, 0.05) is 5.92 Å². The van der Waals surface area contributed by atoms with Gasteiger partial charge >= 0.3 is 5.97 Å². The average molecular weight is 261 g/mol. The Morgan fingerprint density at radius 3 is 2.65 bits per heavy atom. The lowest BCUT2D eigenvalue weighted by Crippen LogP contribution is -2.35. The first-order valence-corrected chi connectivity index (χ1v) is 7.45. The minimum absolute atomic E-state index is 0.0113. The molecule has 2 aliphatic rings. The van der Waals surface area contributed by atoms with Crippen LogP contribution in [-0.4, -0.2) is 42.9 Å². The summed E-state index contributed by atoms with van der Waals surface area (Å²) >= 11 is 0. The number of rotatable bonds is 2. The molecule has 2 heterocycles. The van der Waals surface area contributed by atoms with Gasteiger partial charge in [-0.2, -0.15) is 0 Å². The lowest BCUT2D eigenvalue weighted by Gasteiger charge is -2.25. The highest BCUT2D eigenvalue weighted by atomic mass is 32.2. The third kappa shape index (κ3) is 2.59. The van der Waals surface area contributed by atoms with Crippen molar-refractivity contribution in [3.63, 3.8) is 0 Å². The number of carbonyl (C=O) groups excluding carboxylic acids is 1. The van der Waals surface area contributed by atoms with Crippen molar-refractivity contribution in [2.24, 2.45) is 11.8 Å². The van der Waals surface area contributed by atoms with Gasteiger partial charge in [0.15, 0.2) is 9.84 Å². The molecule has 0 aromatic rings. The Hall–Kier alpha value is -1.11. The summed E-state index contributed by atoms with van der Waals surface area (Å²) in [5.41, 5.74) is 0. The predicted molar refractivity (Wildman–Crippen MR) is 59.1 cm³/mol. The van der Waals surface area contributed by atoms with Crippen LogP contribution in [0.4, 0.5) is 0 Å². The molecule has 0 aromatic carbocycles. The first kappa shape index (κ1) is 12.3. The second-order valence-electron chi connectivity index (χ2n) is 4.76. The molecule has 2 saturated heterocycles. The molecule has 0 spiro atoms.